The van der Waals surface area contributed by atoms with Gasteiger partial charge in [0.05, 0.1) is 0 Å². The van der Waals surface area contributed by atoms with Crippen molar-refractivity contribution in [3.63, 3.8) is 0 Å². The van der Waals surface area contributed by atoms with Gasteiger partial charge in [-0.15, -0.1) is 0 Å². The van der Waals surface area contributed by atoms with Crippen LogP contribution in [0.4, 0.5) is 5.69 Å². The molecule has 0 fully saturated rings. The van der Waals surface area contributed by atoms with Crippen molar-refractivity contribution in [3.05, 3.63) is 77.4 Å². The summed E-state index contributed by atoms with van der Waals surface area (Å²) in [6.07, 6.45) is 0. The number of rotatable bonds is 5. The fourth-order valence-corrected chi connectivity index (χ4v) is 3.09. The second kappa shape index (κ2) is 7.49. The predicted octanol–water partition coefficient (Wildman–Crippen LogP) is 3.72. The zero-order valence-corrected chi connectivity index (χ0v) is 15.0. The van der Waals surface area contributed by atoms with E-state index in [0.717, 1.165) is 5.69 Å². The maximum Gasteiger partial charge on any atom is 0.279 e. The Balaban J connectivity index is 1.64. The van der Waals surface area contributed by atoms with E-state index in [0.29, 0.717) is 6.54 Å². The molecule has 0 radical (unpaired) electrons. The molecule has 3 nitrogen and oxygen atoms in total. The molecule has 0 heterocycles. The Morgan fingerprint density at radius 1 is 1.00 bits per heavy atom. The molecule has 0 aliphatic heterocycles. The molecule has 3 heteroatoms. The third-order valence-corrected chi connectivity index (χ3v) is 4.76. The number of fused-ring (bicyclic) bond motifs is 1. The average Bonchev–Trinajstić information content (AvgIpc) is 2.62. The van der Waals surface area contributed by atoms with E-state index in [1.54, 1.807) is 0 Å². The third kappa shape index (κ3) is 4.06. The molecule has 128 valence electrons. The van der Waals surface area contributed by atoms with E-state index in [2.05, 4.69) is 73.9 Å². The van der Waals surface area contributed by atoms with Gasteiger partial charge in [0.25, 0.3) is 5.91 Å². The summed E-state index contributed by atoms with van der Waals surface area (Å²) >= 11 is 0. The van der Waals surface area contributed by atoms with Gasteiger partial charge >= 0.3 is 0 Å². The molecule has 0 aromatic heterocycles. The van der Waals surface area contributed by atoms with E-state index in [9.17, 15) is 4.79 Å². The Morgan fingerprint density at radius 2 is 1.76 bits per heavy atom. The molecule has 1 amide bonds. The fourth-order valence-electron chi connectivity index (χ4n) is 3.09. The lowest BCUT2D eigenvalue weighted by Crippen LogP contribution is -2.86. The van der Waals surface area contributed by atoms with Gasteiger partial charge < -0.3 is 10.6 Å². The summed E-state index contributed by atoms with van der Waals surface area (Å²) in [7, 11) is 0. The summed E-state index contributed by atoms with van der Waals surface area (Å²) in [6, 6.07) is 20.9. The molecular formula is C22H25N2O+. The Morgan fingerprint density at radius 3 is 2.56 bits per heavy atom. The van der Waals surface area contributed by atoms with Crippen molar-refractivity contribution in [1.29, 1.82) is 0 Å². The molecule has 1 atom stereocenters. The number of amides is 1. The first kappa shape index (κ1) is 17.2. The van der Waals surface area contributed by atoms with Crippen molar-refractivity contribution in [2.45, 2.75) is 26.8 Å². The van der Waals surface area contributed by atoms with Gasteiger partial charge in [0.15, 0.2) is 6.54 Å². The molecule has 3 aromatic rings. The van der Waals surface area contributed by atoms with Crippen LogP contribution in [0.5, 0.6) is 0 Å². The van der Waals surface area contributed by atoms with E-state index >= 15 is 0 Å². The normalized spacial score (nSPS) is 12.1. The van der Waals surface area contributed by atoms with Crippen LogP contribution in [0, 0.1) is 13.8 Å². The van der Waals surface area contributed by atoms with Gasteiger partial charge in [-0.25, -0.2) is 0 Å². The van der Waals surface area contributed by atoms with E-state index in [1.165, 1.54) is 27.5 Å². The monoisotopic (exact) mass is 333 g/mol. The number of hydrogen-bond donors (Lipinski definition) is 2. The van der Waals surface area contributed by atoms with Crippen molar-refractivity contribution in [2.24, 2.45) is 0 Å². The minimum atomic E-state index is 0.0235. The van der Waals surface area contributed by atoms with Crippen molar-refractivity contribution < 1.29 is 10.1 Å². The first-order chi connectivity index (χ1) is 12.0. The van der Waals surface area contributed by atoms with Crippen molar-refractivity contribution in [2.75, 3.05) is 11.9 Å². The number of benzene rings is 3. The minimum Gasteiger partial charge on any atom is -0.332 e. The summed E-state index contributed by atoms with van der Waals surface area (Å²) in [5.74, 6) is 0.0235. The Kier molecular flexibility index (Phi) is 5.15. The second-order valence-electron chi connectivity index (χ2n) is 6.64. The van der Waals surface area contributed by atoms with Crippen molar-refractivity contribution in [1.82, 2.24) is 0 Å². The summed E-state index contributed by atoms with van der Waals surface area (Å²) in [5.41, 5.74) is 4.54. The topological polar surface area (TPSA) is 45.7 Å². The summed E-state index contributed by atoms with van der Waals surface area (Å²) < 4.78 is 0. The second-order valence-corrected chi connectivity index (χ2v) is 6.64. The van der Waals surface area contributed by atoms with Gasteiger partial charge in [-0.2, -0.15) is 0 Å². The fraction of sp³-hybridized carbons (Fsp3) is 0.227. The predicted molar refractivity (Wildman–Crippen MR) is 104 cm³/mol. The highest BCUT2D eigenvalue weighted by Crippen LogP contribution is 2.22. The standard InChI is InChI=1S/C22H24N2O/c1-15-11-12-19(13-16(15)2)24-22(25)14-23-17(3)20-10-6-8-18-7-4-5-9-21(18)20/h4-13,17,23H,14H2,1-3H3,(H,24,25)/p+1/t17-/m0/s1. The number of nitrogens with one attached hydrogen (secondary N) is 1. The number of aryl methyl sites for hydroxylation is 2. The van der Waals surface area contributed by atoms with Crippen LogP contribution >= 0.6 is 0 Å². The van der Waals surface area contributed by atoms with Crippen LogP contribution in [0.15, 0.2) is 60.7 Å². The van der Waals surface area contributed by atoms with Crippen LogP contribution in [0.1, 0.15) is 29.7 Å². The van der Waals surface area contributed by atoms with Gasteiger partial charge in [-0.05, 0) is 54.8 Å². The molecule has 0 bridgehead atoms. The zero-order valence-electron chi connectivity index (χ0n) is 15.0. The molecule has 0 spiro atoms. The molecule has 3 N–H and O–H groups in total. The number of anilines is 1. The first-order valence-corrected chi connectivity index (χ1v) is 8.72. The molecule has 0 aliphatic rings. The van der Waals surface area contributed by atoms with Crippen LogP contribution in [-0.2, 0) is 4.79 Å². The van der Waals surface area contributed by atoms with E-state index < -0.39 is 0 Å². The lowest BCUT2D eigenvalue weighted by Gasteiger charge is -2.14. The summed E-state index contributed by atoms with van der Waals surface area (Å²) in [4.78, 5) is 12.3. The maximum atomic E-state index is 12.3. The molecule has 25 heavy (non-hydrogen) atoms. The van der Waals surface area contributed by atoms with Crippen LogP contribution in [0.25, 0.3) is 10.8 Å². The van der Waals surface area contributed by atoms with Gasteiger partial charge in [-0.3, -0.25) is 4.79 Å². The molecule has 0 saturated heterocycles. The number of hydrogen-bond acceptors (Lipinski definition) is 1. The largest absolute Gasteiger partial charge is 0.332 e. The van der Waals surface area contributed by atoms with Gasteiger partial charge in [-0.1, -0.05) is 48.5 Å². The molecular weight excluding hydrogens is 308 g/mol. The number of nitrogens with two attached hydrogens (primary N) is 1. The van der Waals surface area contributed by atoms with E-state index in [-0.39, 0.29) is 11.9 Å². The van der Waals surface area contributed by atoms with Crippen LogP contribution in [0.3, 0.4) is 0 Å². The van der Waals surface area contributed by atoms with Crippen LogP contribution in [-0.4, -0.2) is 12.5 Å². The third-order valence-electron chi connectivity index (χ3n) is 4.76. The number of quaternary nitrogens is 1. The number of carbonyl (C=O) groups excluding carboxylic acids is 1. The van der Waals surface area contributed by atoms with Crippen molar-refractivity contribution >= 4 is 22.4 Å². The van der Waals surface area contributed by atoms with Crippen molar-refractivity contribution in [3.8, 4) is 0 Å². The smallest absolute Gasteiger partial charge is 0.279 e. The summed E-state index contributed by atoms with van der Waals surface area (Å²) in [5, 5.41) is 7.55. The molecule has 0 unspecified atom stereocenters. The van der Waals surface area contributed by atoms with E-state index in [4.69, 9.17) is 0 Å². The Bertz CT molecular complexity index is 896. The highest BCUT2D eigenvalue weighted by atomic mass is 16.1. The first-order valence-electron chi connectivity index (χ1n) is 8.72. The van der Waals surface area contributed by atoms with Gasteiger partial charge in [0, 0.05) is 11.3 Å². The Hall–Kier alpha value is -2.65. The quantitative estimate of drug-likeness (QED) is 0.734. The zero-order chi connectivity index (χ0) is 17.8. The maximum absolute atomic E-state index is 12.3. The van der Waals surface area contributed by atoms with Gasteiger partial charge in [0.2, 0.25) is 0 Å². The minimum absolute atomic E-state index is 0.0235. The molecule has 3 aromatic carbocycles. The highest BCUT2D eigenvalue weighted by molar-refractivity contribution is 5.91. The Labute approximate surface area is 149 Å². The van der Waals surface area contributed by atoms with Crippen LogP contribution in [0.2, 0.25) is 0 Å². The van der Waals surface area contributed by atoms with Gasteiger partial charge in [0.1, 0.15) is 6.04 Å². The molecule has 3 rings (SSSR count). The average molecular weight is 333 g/mol. The summed E-state index contributed by atoms with van der Waals surface area (Å²) in [6.45, 7) is 6.67. The molecule has 0 aliphatic carbocycles. The molecule has 0 saturated carbocycles. The van der Waals surface area contributed by atoms with Crippen LogP contribution < -0.4 is 10.6 Å². The van der Waals surface area contributed by atoms with E-state index in [1.807, 2.05) is 18.2 Å². The lowest BCUT2D eigenvalue weighted by molar-refractivity contribution is -0.682. The highest BCUT2D eigenvalue weighted by Gasteiger charge is 2.14. The SMILES string of the molecule is Cc1ccc(NC(=O)C[NH2+][C@@H](C)c2cccc3ccccc23)cc1C. The number of carbonyl (C=O) groups is 1. The lowest BCUT2D eigenvalue weighted by atomic mass is 10.00.